The van der Waals surface area contributed by atoms with E-state index in [1.54, 1.807) is 0 Å². The Morgan fingerprint density at radius 2 is 1.83 bits per heavy atom. The molecular weight excluding hydrogens is 388 g/mol. The van der Waals surface area contributed by atoms with Crippen LogP contribution in [0.3, 0.4) is 0 Å². The molecule has 1 saturated heterocycles. The number of hydrogen-bond donors (Lipinski definition) is 1. The molecule has 4 nitrogen and oxygen atoms in total. The van der Waals surface area contributed by atoms with Crippen LogP contribution < -0.4 is 5.32 Å². The van der Waals surface area contributed by atoms with Crippen molar-refractivity contribution in [2.45, 2.75) is 52.6 Å². The molecule has 2 atom stereocenters. The summed E-state index contributed by atoms with van der Waals surface area (Å²) in [4.78, 5) is 7.02. The van der Waals surface area contributed by atoms with E-state index in [0.29, 0.717) is 0 Å². The highest BCUT2D eigenvalue weighted by Gasteiger charge is 2.41. The van der Waals surface area contributed by atoms with E-state index in [1.165, 1.54) is 28.2 Å². The third-order valence-corrected chi connectivity index (χ3v) is 6.38. The Labute approximate surface area is 184 Å². The van der Waals surface area contributed by atoms with Crippen LogP contribution in [-0.2, 0) is 0 Å². The first-order valence-corrected chi connectivity index (χ1v) is 11.2. The molecule has 5 heteroatoms. The largest absolute Gasteiger partial charge is 0.352 e. The minimum Gasteiger partial charge on any atom is -0.352 e. The number of aromatic nitrogens is 2. The fourth-order valence-electron chi connectivity index (χ4n) is 4.49. The van der Waals surface area contributed by atoms with Crippen LogP contribution in [0.4, 0.5) is 0 Å². The summed E-state index contributed by atoms with van der Waals surface area (Å²) in [7, 11) is 0. The van der Waals surface area contributed by atoms with E-state index in [4.69, 9.17) is 12.2 Å². The van der Waals surface area contributed by atoms with Crippen molar-refractivity contribution in [2.24, 2.45) is 0 Å². The average Bonchev–Trinajstić information content (AvgIpc) is 3.23. The van der Waals surface area contributed by atoms with Gasteiger partial charge in [0.15, 0.2) is 5.11 Å². The van der Waals surface area contributed by atoms with Crippen molar-refractivity contribution in [1.29, 1.82) is 0 Å². The maximum atomic E-state index is 5.78. The van der Waals surface area contributed by atoms with Gasteiger partial charge in [-0.25, -0.2) is 0 Å². The van der Waals surface area contributed by atoms with Crippen LogP contribution in [0.5, 0.6) is 0 Å². The average molecular weight is 419 g/mol. The third kappa shape index (κ3) is 3.74. The summed E-state index contributed by atoms with van der Waals surface area (Å²) < 4.78 is 2.35. The second-order valence-electron chi connectivity index (χ2n) is 8.17. The molecule has 1 N–H and O–H groups in total. The van der Waals surface area contributed by atoms with Gasteiger partial charge in [0.05, 0.1) is 17.8 Å². The maximum Gasteiger partial charge on any atom is 0.170 e. The molecule has 0 amide bonds. The molecule has 0 unspecified atom stereocenters. The van der Waals surface area contributed by atoms with Crippen LogP contribution in [0.1, 0.15) is 60.1 Å². The van der Waals surface area contributed by atoms with Gasteiger partial charge in [-0.2, -0.15) is 0 Å². The van der Waals surface area contributed by atoms with E-state index in [9.17, 15) is 0 Å². The van der Waals surface area contributed by atoms with Crippen molar-refractivity contribution in [3.63, 3.8) is 0 Å². The van der Waals surface area contributed by atoms with Gasteiger partial charge in [0.25, 0.3) is 0 Å². The van der Waals surface area contributed by atoms with Gasteiger partial charge in [0.1, 0.15) is 0 Å². The summed E-state index contributed by atoms with van der Waals surface area (Å²) in [5.74, 6) is 0. The number of unbranched alkanes of at least 4 members (excludes halogenated alkanes) is 1. The quantitative estimate of drug-likeness (QED) is 0.531. The SMILES string of the molecule is CCCCN1C(=S)N[C@H](c2ccccn2)[C@@H]1c1cc(C)n(-c2ccc(C)cc2)c1C. The highest BCUT2D eigenvalue weighted by Crippen LogP contribution is 2.41. The molecule has 3 aromatic rings. The molecular formula is C25H30N4S. The van der Waals surface area contributed by atoms with Crippen LogP contribution in [0, 0.1) is 20.8 Å². The molecule has 1 fully saturated rings. The van der Waals surface area contributed by atoms with Crippen molar-refractivity contribution >= 4 is 17.3 Å². The van der Waals surface area contributed by atoms with Gasteiger partial charge in [-0.1, -0.05) is 37.1 Å². The zero-order valence-corrected chi connectivity index (χ0v) is 19.0. The molecule has 2 aromatic heterocycles. The first-order valence-electron chi connectivity index (χ1n) is 10.7. The Kier molecular flexibility index (Phi) is 5.91. The van der Waals surface area contributed by atoms with Gasteiger partial charge in [0.2, 0.25) is 0 Å². The van der Waals surface area contributed by atoms with Crippen molar-refractivity contribution in [1.82, 2.24) is 19.8 Å². The van der Waals surface area contributed by atoms with Gasteiger partial charge < -0.3 is 14.8 Å². The van der Waals surface area contributed by atoms with Gasteiger partial charge in [-0.05, 0) is 75.3 Å². The minimum absolute atomic E-state index is 0.0440. The Hall–Kier alpha value is -2.66. The van der Waals surface area contributed by atoms with Crippen LogP contribution in [-0.4, -0.2) is 26.1 Å². The topological polar surface area (TPSA) is 33.1 Å². The van der Waals surface area contributed by atoms with Gasteiger partial charge in [-0.3, -0.25) is 4.98 Å². The smallest absolute Gasteiger partial charge is 0.170 e. The number of rotatable bonds is 6. The van der Waals surface area contributed by atoms with Crippen LogP contribution in [0.2, 0.25) is 0 Å². The Balaban J connectivity index is 1.81. The molecule has 1 aliphatic heterocycles. The van der Waals surface area contributed by atoms with Gasteiger partial charge in [-0.15, -0.1) is 0 Å². The van der Waals surface area contributed by atoms with Gasteiger partial charge >= 0.3 is 0 Å². The summed E-state index contributed by atoms with van der Waals surface area (Å²) in [6.07, 6.45) is 4.12. The van der Waals surface area contributed by atoms with Crippen LogP contribution >= 0.6 is 12.2 Å². The summed E-state index contributed by atoms with van der Waals surface area (Å²) >= 11 is 5.78. The lowest BCUT2D eigenvalue weighted by molar-refractivity contribution is 0.312. The van der Waals surface area contributed by atoms with Crippen molar-refractivity contribution in [3.05, 3.63) is 82.9 Å². The number of hydrogen-bond acceptors (Lipinski definition) is 2. The number of nitrogens with one attached hydrogen (secondary N) is 1. The Morgan fingerprint density at radius 1 is 1.07 bits per heavy atom. The molecule has 0 saturated carbocycles. The molecule has 0 bridgehead atoms. The molecule has 1 aromatic carbocycles. The first kappa shape index (κ1) is 20.6. The monoisotopic (exact) mass is 418 g/mol. The van der Waals surface area contributed by atoms with Crippen LogP contribution in [0.15, 0.2) is 54.7 Å². The first-order chi connectivity index (χ1) is 14.5. The summed E-state index contributed by atoms with van der Waals surface area (Å²) in [6.45, 7) is 9.70. The fourth-order valence-corrected chi connectivity index (χ4v) is 4.82. The summed E-state index contributed by atoms with van der Waals surface area (Å²) in [5, 5.41) is 4.39. The molecule has 156 valence electrons. The van der Waals surface area contributed by atoms with E-state index in [2.05, 4.69) is 89.9 Å². The van der Waals surface area contributed by atoms with E-state index in [1.807, 2.05) is 12.3 Å². The lowest BCUT2D eigenvalue weighted by Crippen LogP contribution is -2.30. The molecule has 3 heterocycles. The molecule has 0 aliphatic carbocycles. The number of nitrogens with zero attached hydrogens (tertiary/aromatic N) is 3. The van der Waals surface area contributed by atoms with Gasteiger partial charge in [0, 0.05) is 29.8 Å². The van der Waals surface area contributed by atoms with E-state index in [0.717, 1.165) is 30.2 Å². The molecule has 30 heavy (non-hydrogen) atoms. The predicted molar refractivity (Wildman–Crippen MR) is 127 cm³/mol. The highest BCUT2D eigenvalue weighted by atomic mass is 32.1. The summed E-state index contributed by atoms with van der Waals surface area (Å²) in [5.41, 5.74) is 7.31. The molecule has 0 radical (unpaired) electrons. The number of aryl methyl sites for hydroxylation is 2. The summed E-state index contributed by atoms with van der Waals surface area (Å²) in [6, 6.07) is 17.3. The molecule has 1 aliphatic rings. The fraction of sp³-hybridized carbons (Fsp3) is 0.360. The Morgan fingerprint density at radius 3 is 2.50 bits per heavy atom. The third-order valence-electron chi connectivity index (χ3n) is 6.03. The maximum absolute atomic E-state index is 5.78. The zero-order valence-electron chi connectivity index (χ0n) is 18.2. The van der Waals surface area contributed by atoms with Crippen molar-refractivity contribution < 1.29 is 0 Å². The van der Waals surface area contributed by atoms with Crippen LogP contribution in [0.25, 0.3) is 5.69 Å². The second kappa shape index (κ2) is 8.60. The van der Waals surface area contributed by atoms with E-state index < -0.39 is 0 Å². The standard InChI is InChI=1S/C25H30N4S/c1-5-6-15-28-24(23(27-25(28)30)22-9-7-8-14-26-22)21-16-18(3)29(19(21)4)20-12-10-17(2)11-13-20/h7-14,16,23-24H,5-6,15H2,1-4H3,(H,27,30)/t23-,24+/m1/s1. The minimum atomic E-state index is 0.0440. The lowest BCUT2D eigenvalue weighted by atomic mass is 9.96. The predicted octanol–water partition coefficient (Wildman–Crippen LogP) is 5.57. The number of pyridine rings is 1. The molecule has 4 rings (SSSR count). The Bertz CT molecular complexity index is 1020. The zero-order chi connectivity index (χ0) is 21.3. The number of thiocarbonyl (C=S) groups is 1. The second-order valence-corrected chi connectivity index (χ2v) is 8.56. The van der Waals surface area contributed by atoms with E-state index in [-0.39, 0.29) is 12.1 Å². The van der Waals surface area contributed by atoms with E-state index >= 15 is 0 Å². The van der Waals surface area contributed by atoms with Crippen molar-refractivity contribution in [2.75, 3.05) is 6.54 Å². The normalized spacial score (nSPS) is 18.7. The number of benzene rings is 1. The highest BCUT2D eigenvalue weighted by molar-refractivity contribution is 7.80. The lowest BCUT2D eigenvalue weighted by Gasteiger charge is -2.28. The molecule has 0 spiro atoms. The van der Waals surface area contributed by atoms with Crippen molar-refractivity contribution in [3.8, 4) is 5.69 Å².